The first-order valence-corrected chi connectivity index (χ1v) is 18.3. The van der Waals surface area contributed by atoms with Gasteiger partial charge in [0.15, 0.2) is 6.29 Å². The number of piperidine rings is 1. The van der Waals surface area contributed by atoms with Crippen molar-refractivity contribution in [3.8, 4) is 0 Å². The predicted molar refractivity (Wildman–Crippen MR) is 178 cm³/mol. The summed E-state index contributed by atoms with van der Waals surface area (Å²) in [5, 5.41) is 23.7. The average molecular weight is 702 g/mol. The number of amides is 2. The van der Waals surface area contributed by atoms with Crippen LogP contribution < -0.4 is 0 Å². The molecule has 282 valence electrons. The Labute approximate surface area is 291 Å². The highest BCUT2D eigenvalue weighted by atomic mass is 19.3. The summed E-state index contributed by atoms with van der Waals surface area (Å²) in [7, 11) is 5.49. The van der Waals surface area contributed by atoms with Gasteiger partial charge in [-0.15, -0.1) is 0 Å². The number of hydrogen-bond donors (Lipinski definition) is 2. The molecule has 4 aliphatic heterocycles. The van der Waals surface area contributed by atoms with Gasteiger partial charge >= 0.3 is 5.97 Å². The fourth-order valence-corrected chi connectivity index (χ4v) is 8.62. The number of alkyl halides is 2. The van der Waals surface area contributed by atoms with Crippen LogP contribution in [-0.4, -0.2) is 132 Å². The number of esters is 1. The number of ether oxygens (including phenoxy) is 3. The molecule has 1 saturated carbocycles. The summed E-state index contributed by atoms with van der Waals surface area (Å²) >= 11 is 0. The molecule has 11 nitrogen and oxygen atoms in total. The van der Waals surface area contributed by atoms with Crippen LogP contribution in [0.4, 0.5) is 8.78 Å². The zero-order valence-corrected chi connectivity index (χ0v) is 30.8. The van der Waals surface area contributed by atoms with E-state index in [1.54, 1.807) is 37.6 Å². The van der Waals surface area contributed by atoms with E-state index in [9.17, 15) is 33.4 Å². The molecule has 2 bridgehead atoms. The van der Waals surface area contributed by atoms with Crippen LogP contribution >= 0.6 is 0 Å². The Morgan fingerprint density at radius 1 is 1.04 bits per heavy atom. The summed E-state index contributed by atoms with van der Waals surface area (Å²) in [6.07, 6.45) is -3.04. The number of likely N-dealkylation sites (N-methyl/N-ethyl adjacent to an activating group) is 1. The zero-order chi connectivity index (χ0) is 36.4. The predicted octanol–water partition coefficient (Wildman–Crippen LogP) is 3.69. The Balaban J connectivity index is 1.73. The van der Waals surface area contributed by atoms with E-state index in [-0.39, 0.29) is 55.1 Å². The second-order valence-corrected chi connectivity index (χ2v) is 16.2. The third kappa shape index (κ3) is 9.90. The normalized spacial score (nSPS) is 39.4. The highest BCUT2D eigenvalue weighted by Gasteiger charge is 2.50. The van der Waals surface area contributed by atoms with Crippen molar-refractivity contribution in [2.24, 2.45) is 29.6 Å². The van der Waals surface area contributed by atoms with Gasteiger partial charge in [0.05, 0.1) is 29.6 Å². The molecule has 4 heterocycles. The molecule has 0 aromatic rings. The standard InChI is InChI=1S/C36H61F2N3O8/c1-21-19-35(5,46)31(49-34-29(43)27(39(6)7)17-22(2)47-34)23(3)30(48-33(45)26-9-13-36(37,38)14-10-26)24(4)32(44)41-15-11-25(12-16-41)18-28(42)40(8)20-21/h21-27,29-31,34,43,46H,9-20H2,1-8H3/t21-,22-,23+,24-,27+,29-,30+,31-,34+,35-/m1/s1. The molecule has 5 fully saturated rings. The van der Waals surface area contributed by atoms with Crippen LogP contribution in [0.3, 0.4) is 0 Å². The molecule has 4 saturated heterocycles. The summed E-state index contributed by atoms with van der Waals surface area (Å²) in [5.41, 5.74) is -1.60. The number of fused-ring (bicyclic) bond motifs is 13. The molecule has 49 heavy (non-hydrogen) atoms. The lowest BCUT2D eigenvalue weighted by atomic mass is 9.77. The van der Waals surface area contributed by atoms with Crippen molar-refractivity contribution in [1.82, 2.24) is 14.7 Å². The summed E-state index contributed by atoms with van der Waals surface area (Å²) in [6, 6.07) is -0.291. The van der Waals surface area contributed by atoms with Gasteiger partial charge in [-0.05, 0) is 78.3 Å². The second kappa shape index (κ2) is 16.2. The Kier molecular flexibility index (Phi) is 13.2. The molecule has 1 aliphatic carbocycles. The third-order valence-electron chi connectivity index (χ3n) is 11.5. The summed E-state index contributed by atoms with van der Waals surface area (Å²) in [6.45, 7) is 10.2. The topological polar surface area (TPSA) is 129 Å². The number of halogens is 2. The molecular formula is C36H61F2N3O8. The van der Waals surface area contributed by atoms with Crippen LogP contribution in [0, 0.1) is 29.6 Å². The monoisotopic (exact) mass is 701 g/mol. The van der Waals surface area contributed by atoms with Gasteiger partial charge in [0.1, 0.15) is 12.2 Å². The first kappa shape index (κ1) is 39.8. The zero-order valence-electron chi connectivity index (χ0n) is 30.8. The number of aliphatic hydroxyl groups excluding tert-OH is 1. The molecule has 10 atom stereocenters. The minimum absolute atomic E-state index is 0.0178. The van der Waals surface area contributed by atoms with Crippen LogP contribution in [-0.2, 0) is 28.6 Å². The molecule has 0 radical (unpaired) electrons. The maximum atomic E-state index is 14.1. The van der Waals surface area contributed by atoms with E-state index in [1.165, 1.54) is 0 Å². The lowest BCUT2D eigenvalue weighted by molar-refractivity contribution is -0.299. The van der Waals surface area contributed by atoms with Crippen molar-refractivity contribution in [2.75, 3.05) is 40.8 Å². The number of hydrogen-bond acceptors (Lipinski definition) is 9. The smallest absolute Gasteiger partial charge is 0.309 e. The fourth-order valence-electron chi connectivity index (χ4n) is 8.62. The Morgan fingerprint density at radius 2 is 1.65 bits per heavy atom. The number of nitrogens with zero attached hydrogens (tertiary/aromatic N) is 3. The molecule has 0 unspecified atom stereocenters. The lowest BCUT2D eigenvalue weighted by Crippen LogP contribution is -2.60. The van der Waals surface area contributed by atoms with Crippen molar-refractivity contribution in [1.29, 1.82) is 0 Å². The second-order valence-electron chi connectivity index (χ2n) is 16.2. The SMILES string of the molecule is C[C@H]1CN(C)C(=O)CC2CCN(CC2)C(=O)[C@H](C)[C@@H](OC(=O)C2CCC(F)(F)CC2)[C@H](C)[C@@H](O[C@@H]2O[C@H](C)C[C@H](N(C)C)[C@H]2O)[C@](C)(O)C1. The Morgan fingerprint density at radius 3 is 2.24 bits per heavy atom. The minimum Gasteiger partial charge on any atom is -0.461 e. The quantitative estimate of drug-likeness (QED) is 0.413. The molecule has 2 amide bonds. The third-order valence-corrected chi connectivity index (χ3v) is 11.5. The summed E-state index contributed by atoms with van der Waals surface area (Å²) < 4.78 is 46.9. The number of carbonyl (C=O) groups excluding carboxylic acids is 3. The largest absolute Gasteiger partial charge is 0.461 e. The van der Waals surface area contributed by atoms with E-state index < -0.39 is 72.7 Å². The van der Waals surface area contributed by atoms with Gasteiger partial charge in [0.2, 0.25) is 17.7 Å². The molecule has 0 spiro atoms. The van der Waals surface area contributed by atoms with E-state index in [0.717, 1.165) is 0 Å². The van der Waals surface area contributed by atoms with Gasteiger partial charge in [-0.3, -0.25) is 14.4 Å². The van der Waals surface area contributed by atoms with Gasteiger partial charge in [-0.2, -0.15) is 0 Å². The highest BCUT2D eigenvalue weighted by Crippen LogP contribution is 2.40. The van der Waals surface area contributed by atoms with Crippen molar-refractivity contribution in [3.05, 3.63) is 0 Å². The number of carbonyl (C=O) groups is 3. The van der Waals surface area contributed by atoms with E-state index in [2.05, 4.69) is 0 Å². The molecular weight excluding hydrogens is 640 g/mol. The molecule has 0 aromatic carbocycles. The fraction of sp³-hybridized carbons (Fsp3) is 0.917. The van der Waals surface area contributed by atoms with Gasteiger partial charge in [0, 0.05) is 57.9 Å². The maximum Gasteiger partial charge on any atom is 0.309 e. The van der Waals surface area contributed by atoms with Crippen molar-refractivity contribution in [3.63, 3.8) is 0 Å². The summed E-state index contributed by atoms with van der Waals surface area (Å²) in [5.74, 6) is -6.08. The van der Waals surface area contributed by atoms with Crippen LogP contribution in [0.1, 0.15) is 92.4 Å². The molecule has 2 N–H and O–H groups in total. The van der Waals surface area contributed by atoms with E-state index in [1.807, 2.05) is 32.8 Å². The first-order valence-electron chi connectivity index (χ1n) is 18.3. The van der Waals surface area contributed by atoms with E-state index in [0.29, 0.717) is 45.3 Å². The Hall–Kier alpha value is -1.93. The first-order chi connectivity index (χ1) is 22.8. The minimum atomic E-state index is -2.82. The van der Waals surface area contributed by atoms with E-state index >= 15 is 0 Å². The molecule has 5 aliphatic rings. The highest BCUT2D eigenvalue weighted by molar-refractivity contribution is 5.80. The van der Waals surface area contributed by atoms with Crippen molar-refractivity contribution < 1.29 is 47.6 Å². The van der Waals surface area contributed by atoms with Gasteiger partial charge in [-0.1, -0.05) is 20.8 Å². The van der Waals surface area contributed by atoms with Gasteiger partial charge < -0.3 is 39.1 Å². The molecule has 5 rings (SSSR count). The molecule has 13 heteroatoms. The van der Waals surface area contributed by atoms with Crippen LogP contribution in [0.25, 0.3) is 0 Å². The van der Waals surface area contributed by atoms with Crippen LogP contribution in [0.5, 0.6) is 0 Å². The number of rotatable bonds is 5. The molecule has 0 aromatic heterocycles. The number of aliphatic hydroxyl groups is 2. The van der Waals surface area contributed by atoms with Crippen LogP contribution in [0.2, 0.25) is 0 Å². The van der Waals surface area contributed by atoms with Gasteiger partial charge in [0.25, 0.3) is 0 Å². The van der Waals surface area contributed by atoms with Crippen LogP contribution in [0.15, 0.2) is 0 Å². The maximum absolute atomic E-state index is 14.1. The lowest BCUT2D eigenvalue weighted by Gasteiger charge is -2.47. The Bertz CT molecular complexity index is 1140. The average Bonchev–Trinajstić information content (AvgIpc) is 3.02. The van der Waals surface area contributed by atoms with Gasteiger partial charge in [-0.25, -0.2) is 8.78 Å². The van der Waals surface area contributed by atoms with Crippen molar-refractivity contribution >= 4 is 17.8 Å². The summed E-state index contributed by atoms with van der Waals surface area (Å²) in [4.78, 5) is 46.3. The van der Waals surface area contributed by atoms with E-state index in [4.69, 9.17) is 14.2 Å². The van der Waals surface area contributed by atoms with Crippen molar-refractivity contribution in [2.45, 2.75) is 141 Å².